The predicted octanol–water partition coefficient (Wildman–Crippen LogP) is 3.54. The molecule has 310 valence electrons. The number of hydrogen-bond donors (Lipinski definition) is 4. The van der Waals surface area contributed by atoms with Crippen LogP contribution in [0, 0.1) is 34.5 Å². The van der Waals surface area contributed by atoms with Crippen molar-refractivity contribution in [2.24, 2.45) is 34.5 Å². The minimum absolute atomic E-state index is 0.0384. The number of aliphatic hydroxyl groups is 2. The predicted molar refractivity (Wildman–Crippen MR) is 204 cm³/mol. The van der Waals surface area contributed by atoms with Crippen molar-refractivity contribution in [3.05, 3.63) is 41.0 Å². The zero-order valence-electron chi connectivity index (χ0n) is 33.6. The number of esters is 1. The van der Waals surface area contributed by atoms with Crippen LogP contribution in [-0.4, -0.2) is 106 Å². The molecule has 10 rings (SSSR count). The molecule has 5 aliphatic carbocycles. The summed E-state index contributed by atoms with van der Waals surface area (Å²) in [6, 6.07) is 5.88. The molecule has 13 nitrogen and oxygen atoms in total. The fourth-order valence-electron chi connectivity index (χ4n) is 12.0. The van der Waals surface area contributed by atoms with Gasteiger partial charge >= 0.3 is 5.97 Å². The van der Waals surface area contributed by atoms with E-state index < -0.39 is 71.6 Å². The van der Waals surface area contributed by atoms with Gasteiger partial charge in [-0.1, -0.05) is 49.8 Å². The van der Waals surface area contributed by atoms with Gasteiger partial charge in [0.2, 0.25) is 11.8 Å². The van der Waals surface area contributed by atoms with E-state index in [4.69, 9.17) is 23.8 Å². The van der Waals surface area contributed by atoms with E-state index in [0.29, 0.717) is 23.4 Å². The number of benzene rings is 1. The number of fused-ring (bicyclic) bond motifs is 6. The second kappa shape index (κ2) is 13.6. The van der Waals surface area contributed by atoms with Crippen molar-refractivity contribution in [3.8, 4) is 0 Å². The molecule has 0 spiro atoms. The highest BCUT2D eigenvalue weighted by Crippen LogP contribution is 2.64. The molecule has 1 aromatic rings. The lowest BCUT2D eigenvalue weighted by Gasteiger charge is -2.53. The van der Waals surface area contributed by atoms with E-state index in [9.17, 15) is 24.6 Å². The summed E-state index contributed by atoms with van der Waals surface area (Å²) in [7, 11) is 0. The van der Waals surface area contributed by atoms with Crippen molar-refractivity contribution in [3.63, 3.8) is 0 Å². The highest BCUT2D eigenvalue weighted by atomic mass is 16.8. The molecule has 4 saturated heterocycles. The van der Waals surface area contributed by atoms with Gasteiger partial charge in [0.05, 0.1) is 31.0 Å². The van der Waals surface area contributed by atoms with Crippen molar-refractivity contribution in [1.29, 1.82) is 0 Å². The highest BCUT2D eigenvalue weighted by Gasteiger charge is 2.78. The molecule has 9 fully saturated rings. The standard InChI is InChI=1S/C44H59N3O10/c1-23(49)33(38(50)45-17-18-48)46-40(52)43-21-31-34-35(56-44(55-34,27-10-11-27)28-12-13-28)37(43)57-47(36(43)39(51)53-31)22-25-7-5-24(6-8-25)19-26-9-14-32-42(4,54-32)16-15-30-29(26)20-41(30,2)3/h5-8,19,23,27-37,48-49H,9-18,20-22H2,1-4H3,(H,45,50)(H,46,52). The van der Waals surface area contributed by atoms with Crippen LogP contribution in [0.25, 0.3) is 6.08 Å². The number of carbonyl (C=O) groups is 3. The van der Waals surface area contributed by atoms with Gasteiger partial charge in [0, 0.05) is 24.8 Å². The summed E-state index contributed by atoms with van der Waals surface area (Å²) in [5.74, 6) is -0.895. The normalized spacial score (nSPS) is 41.5. The molecule has 2 bridgehead atoms. The zero-order valence-corrected chi connectivity index (χ0v) is 33.6. The number of amides is 2. The third-order valence-corrected chi connectivity index (χ3v) is 15.4. The maximum atomic E-state index is 14.8. The van der Waals surface area contributed by atoms with Gasteiger partial charge < -0.3 is 39.8 Å². The highest BCUT2D eigenvalue weighted by molar-refractivity contribution is 5.96. The van der Waals surface area contributed by atoms with E-state index in [1.165, 1.54) is 25.3 Å². The minimum Gasteiger partial charge on any atom is -0.458 e. The third-order valence-electron chi connectivity index (χ3n) is 15.4. The molecular formula is C44H59N3O10. The number of hydrogen-bond acceptors (Lipinski definition) is 11. The quantitative estimate of drug-likeness (QED) is 0.191. The van der Waals surface area contributed by atoms with Gasteiger partial charge in [-0.3, -0.25) is 19.2 Å². The Kier molecular flexibility index (Phi) is 9.11. The lowest BCUT2D eigenvalue weighted by Crippen LogP contribution is -2.71. The number of rotatable bonds is 11. The Morgan fingerprint density at radius 2 is 1.70 bits per heavy atom. The Hall–Kier alpha value is -2.91. The Balaban J connectivity index is 0.936. The van der Waals surface area contributed by atoms with E-state index in [1.54, 1.807) is 5.06 Å². The molecule has 5 saturated carbocycles. The summed E-state index contributed by atoms with van der Waals surface area (Å²) in [4.78, 5) is 49.0. The summed E-state index contributed by atoms with van der Waals surface area (Å²) in [6.07, 6.45) is 8.22. The second-order valence-corrected chi connectivity index (χ2v) is 19.7. The number of aliphatic hydroxyl groups excluding tert-OH is 2. The number of carbonyl (C=O) groups excluding carboxylic acids is 3. The number of ether oxygens (including phenoxy) is 4. The Morgan fingerprint density at radius 1 is 0.982 bits per heavy atom. The maximum Gasteiger partial charge on any atom is 0.327 e. The van der Waals surface area contributed by atoms with Crippen LogP contribution in [0.4, 0.5) is 0 Å². The van der Waals surface area contributed by atoms with E-state index in [0.717, 1.165) is 56.1 Å². The number of epoxide rings is 1. The van der Waals surface area contributed by atoms with Crippen LogP contribution in [0.2, 0.25) is 0 Å². The van der Waals surface area contributed by atoms with Gasteiger partial charge in [-0.15, -0.1) is 0 Å². The first-order chi connectivity index (χ1) is 27.3. The fourth-order valence-corrected chi connectivity index (χ4v) is 12.0. The van der Waals surface area contributed by atoms with Crippen LogP contribution in [0.15, 0.2) is 29.8 Å². The third kappa shape index (κ3) is 6.23. The minimum atomic E-state index is -1.49. The van der Waals surface area contributed by atoms with Gasteiger partial charge in [-0.05, 0) is 100 Å². The summed E-state index contributed by atoms with van der Waals surface area (Å²) in [5.41, 5.74) is 2.41. The monoisotopic (exact) mass is 789 g/mol. The fraction of sp³-hybridized carbons (Fsp3) is 0.750. The van der Waals surface area contributed by atoms with E-state index in [2.05, 4.69) is 61.7 Å². The SMILES string of the molecule is CC(O)C(NC(=O)C12CC3OC(=O)C1N(Cc1ccc(C=C4CCC5OC5(C)CCC5C4CC5(C)C)cc1)OC2C1OC(C2CC2)(C2CC2)OC31)C(=O)NCCO. The summed E-state index contributed by atoms with van der Waals surface area (Å²) in [5, 5.41) is 26.9. The van der Waals surface area contributed by atoms with Gasteiger partial charge in [-0.2, -0.15) is 5.06 Å². The van der Waals surface area contributed by atoms with Gasteiger partial charge in [0.25, 0.3) is 0 Å². The van der Waals surface area contributed by atoms with E-state index in [-0.39, 0.29) is 43.6 Å². The first kappa shape index (κ1) is 38.3. The molecular weight excluding hydrogens is 730 g/mol. The van der Waals surface area contributed by atoms with E-state index in [1.807, 2.05) is 0 Å². The first-order valence-corrected chi connectivity index (χ1v) is 21.6. The summed E-state index contributed by atoms with van der Waals surface area (Å²) in [6.45, 7) is 8.37. The van der Waals surface area contributed by atoms with Crippen LogP contribution in [0.5, 0.6) is 0 Å². The van der Waals surface area contributed by atoms with Crippen LogP contribution >= 0.6 is 0 Å². The molecule has 57 heavy (non-hydrogen) atoms. The number of nitrogens with zero attached hydrogens (tertiary/aromatic N) is 1. The lowest BCUT2D eigenvalue weighted by molar-refractivity contribution is -0.235. The van der Waals surface area contributed by atoms with Crippen molar-refractivity contribution < 1.29 is 48.4 Å². The molecule has 12 atom stereocenters. The average Bonchev–Trinajstić information content (AvgIpc) is 4.12. The van der Waals surface area contributed by atoms with Gasteiger partial charge in [-0.25, -0.2) is 0 Å². The van der Waals surface area contributed by atoms with Gasteiger partial charge in [0.15, 0.2) is 11.8 Å². The number of allylic oxidation sites excluding steroid dienone is 1. The van der Waals surface area contributed by atoms with Crippen molar-refractivity contribution in [2.75, 3.05) is 13.2 Å². The number of nitrogens with one attached hydrogen (secondary N) is 2. The maximum absolute atomic E-state index is 14.8. The topological polar surface area (TPSA) is 168 Å². The lowest BCUT2D eigenvalue weighted by atomic mass is 9.52. The molecule has 13 heteroatoms. The smallest absolute Gasteiger partial charge is 0.327 e. The second-order valence-electron chi connectivity index (χ2n) is 19.7. The molecule has 4 N–H and O–H groups in total. The molecule has 4 aliphatic heterocycles. The molecule has 4 heterocycles. The zero-order chi connectivity index (χ0) is 39.6. The molecule has 0 aromatic heterocycles. The van der Waals surface area contributed by atoms with Crippen molar-refractivity contribution in [1.82, 2.24) is 15.7 Å². The largest absolute Gasteiger partial charge is 0.458 e. The molecule has 12 unspecified atom stereocenters. The summed E-state index contributed by atoms with van der Waals surface area (Å²) < 4.78 is 26.1. The van der Waals surface area contributed by atoms with Crippen molar-refractivity contribution in [2.45, 2.75) is 159 Å². The molecule has 9 aliphatic rings. The van der Waals surface area contributed by atoms with Crippen LogP contribution in [-0.2, 0) is 44.7 Å². The van der Waals surface area contributed by atoms with E-state index >= 15 is 0 Å². The van der Waals surface area contributed by atoms with Crippen molar-refractivity contribution >= 4 is 23.9 Å². The van der Waals surface area contributed by atoms with Gasteiger partial charge in [0.1, 0.15) is 35.9 Å². The molecule has 0 radical (unpaired) electrons. The summed E-state index contributed by atoms with van der Waals surface area (Å²) >= 11 is 0. The molecule has 2 amide bonds. The Labute approximate surface area is 334 Å². The molecule has 1 aromatic carbocycles. The first-order valence-electron chi connectivity index (χ1n) is 21.6. The van der Waals surface area contributed by atoms with Crippen LogP contribution in [0.1, 0.15) is 103 Å². The number of hydroxylamine groups is 2. The Bertz CT molecular complexity index is 1810. The average molecular weight is 790 g/mol. The van der Waals surface area contributed by atoms with Crippen LogP contribution in [0.3, 0.4) is 0 Å². The van der Waals surface area contributed by atoms with Crippen LogP contribution < -0.4 is 10.6 Å². The Morgan fingerprint density at radius 3 is 2.37 bits per heavy atom.